The van der Waals surface area contributed by atoms with Crippen molar-refractivity contribution in [2.45, 2.75) is 13.3 Å². The third-order valence-electron chi connectivity index (χ3n) is 2.70. The first kappa shape index (κ1) is 15.4. The van der Waals surface area contributed by atoms with Crippen molar-refractivity contribution in [2.24, 2.45) is 0 Å². The number of thiophene rings is 1. The highest BCUT2D eigenvalue weighted by Gasteiger charge is 2.31. The molecular weight excluding hydrogens is 305 g/mol. The molecule has 2 aromatic rings. The van der Waals surface area contributed by atoms with Crippen molar-refractivity contribution in [1.29, 1.82) is 0 Å². The molecule has 0 atom stereocenters. The summed E-state index contributed by atoms with van der Waals surface area (Å²) in [6, 6.07) is 5.50. The molecule has 0 aliphatic heterocycles. The second-order valence-corrected chi connectivity index (χ2v) is 5.07. The number of halogens is 3. The number of hydrogen-bond acceptors (Lipinski definition) is 4. The lowest BCUT2D eigenvalue weighted by atomic mass is 10.0. The van der Waals surface area contributed by atoms with E-state index in [4.69, 9.17) is 0 Å². The maximum Gasteiger partial charge on any atom is 0.573 e. The molecule has 0 aliphatic rings. The summed E-state index contributed by atoms with van der Waals surface area (Å²) in [5.41, 5.74) is 1.81. The Bertz CT molecular complexity index is 662. The molecule has 0 saturated carbocycles. The highest BCUT2D eigenvalue weighted by molar-refractivity contribution is 7.12. The lowest BCUT2D eigenvalue weighted by Crippen LogP contribution is -2.17. The number of ether oxygens (including phenoxy) is 2. The molecule has 2 rings (SSSR count). The van der Waals surface area contributed by atoms with E-state index in [2.05, 4.69) is 9.47 Å². The van der Waals surface area contributed by atoms with E-state index in [1.807, 2.05) is 0 Å². The summed E-state index contributed by atoms with van der Waals surface area (Å²) in [4.78, 5) is 12.1. The number of hydrogen-bond donors (Lipinski definition) is 0. The Labute approximate surface area is 122 Å². The molecule has 3 nitrogen and oxygen atoms in total. The molecule has 0 radical (unpaired) electrons. The summed E-state index contributed by atoms with van der Waals surface area (Å²) in [6.45, 7) is 1.77. The van der Waals surface area contributed by atoms with Gasteiger partial charge in [0.05, 0.1) is 7.11 Å². The van der Waals surface area contributed by atoms with E-state index in [0.717, 1.165) is 5.56 Å². The van der Waals surface area contributed by atoms with Crippen molar-refractivity contribution in [3.63, 3.8) is 0 Å². The molecule has 0 aliphatic carbocycles. The molecule has 0 fully saturated rings. The normalized spacial score (nSPS) is 11.3. The number of benzene rings is 1. The van der Waals surface area contributed by atoms with Gasteiger partial charge in [-0.1, -0.05) is 12.1 Å². The summed E-state index contributed by atoms with van der Waals surface area (Å²) in [6.07, 6.45) is -4.76. The summed E-state index contributed by atoms with van der Waals surface area (Å²) in [5.74, 6) is -0.855. The number of alkyl halides is 3. The van der Waals surface area contributed by atoms with E-state index in [-0.39, 0.29) is 5.75 Å². The molecule has 0 saturated heterocycles. The number of esters is 1. The van der Waals surface area contributed by atoms with Crippen LogP contribution in [0, 0.1) is 6.92 Å². The van der Waals surface area contributed by atoms with Gasteiger partial charge in [-0.05, 0) is 35.6 Å². The van der Waals surface area contributed by atoms with Crippen LogP contribution >= 0.6 is 11.3 Å². The topological polar surface area (TPSA) is 35.5 Å². The SMILES string of the molecule is COC(=O)c1scc(C)c1-c1cccc(OC(F)(F)F)c1. The second-order valence-electron chi connectivity index (χ2n) is 4.19. The molecule has 0 amide bonds. The number of carbonyl (C=O) groups is 1. The Balaban J connectivity index is 2.46. The van der Waals surface area contributed by atoms with Gasteiger partial charge < -0.3 is 9.47 Å². The number of aryl methyl sites for hydroxylation is 1. The van der Waals surface area contributed by atoms with Gasteiger partial charge in [-0.15, -0.1) is 24.5 Å². The van der Waals surface area contributed by atoms with Crippen LogP contribution in [0.25, 0.3) is 11.1 Å². The average Bonchev–Trinajstić information content (AvgIpc) is 2.78. The maximum absolute atomic E-state index is 12.3. The molecule has 0 spiro atoms. The van der Waals surface area contributed by atoms with Crippen LogP contribution in [0.4, 0.5) is 13.2 Å². The number of carbonyl (C=O) groups excluding carboxylic acids is 1. The molecule has 112 valence electrons. The molecule has 0 N–H and O–H groups in total. The highest BCUT2D eigenvalue weighted by Crippen LogP contribution is 2.35. The summed E-state index contributed by atoms with van der Waals surface area (Å²) < 4.78 is 45.4. The van der Waals surface area contributed by atoms with Crippen molar-refractivity contribution in [2.75, 3.05) is 7.11 Å². The average molecular weight is 316 g/mol. The van der Waals surface area contributed by atoms with Gasteiger partial charge in [0.25, 0.3) is 0 Å². The monoisotopic (exact) mass is 316 g/mol. The molecule has 0 unspecified atom stereocenters. The van der Waals surface area contributed by atoms with Crippen LogP contribution in [0.5, 0.6) is 5.75 Å². The van der Waals surface area contributed by atoms with Gasteiger partial charge >= 0.3 is 12.3 Å². The minimum atomic E-state index is -4.76. The van der Waals surface area contributed by atoms with E-state index in [0.29, 0.717) is 16.0 Å². The third kappa shape index (κ3) is 3.55. The van der Waals surface area contributed by atoms with E-state index in [1.54, 1.807) is 18.4 Å². The molecule has 1 heterocycles. The Morgan fingerprint density at radius 3 is 2.62 bits per heavy atom. The predicted octanol–water partition coefficient (Wildman–Crippen LogP) is 4.41. The van der Waals surface area contributed by atoms with Crippen LogP contribution in [0.15, 0.2) is 29.6 Å². The van der Waals surface area contributed by atoms with Crippen molar-refractivity contribution in [1.82, 2.24) is 0 Å². The lowest BCUT2D eigenvalue weighted by molar-refractivity contribution is -0.274. The zero-order valence-corrected chi connectivity index (χ0v) is 12.0. The zero-order valence-electron chi connectivity index (χ0n) is 11.2. The Morgan fingerprint density at radius 2 is 2.00 bits per heavy atom. The summed E-state index contributed by atoms with van der Waals surface area (Å²) in [7, 11) is 1.25. The first-order valence-corrected chi connectivity index (χ1v) is 6.72. The predicted molar refractivity (Wildman–Crippen MR) is 72.5 cm³/mol. The standard InChI is InChI=1S/C14H11F3O3S/c1-8-7-21-12(13(18)19-2)11(8)9-4-3-5-10(6-9)20-14(15,16)17/h3-7H,1-2H3. The van der Waals surface area contributed by atoms with E-state index in [1.165, 1.54) is 36.6 Å². The summed E-state index contributed by atoms with van der Waals surface area (Å²) in [5, 5.41) is 1.75. The number of methoxy groups -OCH3 is 1. The fourth-order valence-corrected chi connectivity index (χ4v) is 2.88. The molecule has 1 aromatic carbocycles. The summed E-state index contributed by atoms with van der Waals surface area (Å²) >= 11 is 1.19. The fraction of sp³-hybridized carbons (Fsp3) is 0.214. The van der Waals surface area contributed by atoms with Gasteiger partial charge in [0.2, 0.25) is 0 Å². The van der Waals surface area contributed by atoms with Gasteiger partial charge in [-0.2, -0.15) is 0 Å². The maximum atomic E-state index is 12.3. The second kappa shape index (κ2) is 5.77. The van der Waals surface area contributed by atoms with Crippen molar-refractivity contribution < 1.29 is 27.4 Å². The fourth-order valence-electron chi connectivity index (χ4n) is 1.89. The van der Waals surface area contributed by atoms with Crippen LogP contribution in [0.3, 0.4) is 0 Å². The Kier molecular flexibility index (Phi) is 4.22. The zero-order chi connectivity index (χ0) is 15.6. The van der Waals surface area contributed by atoms with E-state index >= 15 is 0 Å². The minimum absolute atomic E-state index is 0.332. The molecule has 1 aromatic heterocycles. The first-order chi connectivity index (χ1) is 9.81. The van der Waals surface area contributed by atoms with Crippen LogP contribution in [-0.4, -0.2) is 19.4 Å². The van der Waals surface area contributed by atoms with Crippen LogP contribution in [-0.2, 0) is 4.74 Å². The first-order valence-electron chi connectivity index (χ1n) is 5.84. The minimum Gasteiger partial charge on any atom is -0.465 e. The quantitative estimate of drug-likeness (QED) is 0.787. The van der Waals surface area contributed by atoms with Gasteiger partial charge in [0, 0.05) is 5.56 Å². The van der Waals surface area contributed by atoms with Gasteiger partial charge in [0.15, 0.2) is 0 Å². The van der Waals surface area contributed by atoms with Gasteiger partial charge in [-0.25, -0.2) is 4.79 Å². The Morgan fingerprint density at radius 1 is 1.29 bits per heavy atom. The van der Waals surface area contributed by atoms with E-state index in [9.17, 15) is 18.0 Å². The molecule has 7 heteroatoms. The smallest absolute Gasteiger partial charge is 0.465 e. The Hall–Kier alpha value is -2.02. The number of rotatable bonds is 3. The van der Waals surface area contributed by atoms with Crippen LogP contribution in [0.2, 0.25) is 0 Å². The van der Waals surface area contributed by atoms with Crippen molar-refractivity contribution in [3.05, 3.63) is 40.1 Å². The highest BCUT2D eigenvalue weighted by atomic mass is 32.1. The third-order valence-corrected chi connectivity index (χ3v) is 3.78. The van der Waals surface area contributed by atoms with Crippen LogP contribution in [0.1, 0.15) is 15.2 Å². The largest absolute Gasteiger partial charge is 0.573 e. The van der Waals surface area contributed by atoms with Gasteiger partial charge in [-0.3, -0.25) is 0 Å². The van der Waals surface area contributed by atoms with E-state index < -0.39 is 12.3 Å². The van der Waals surface area contributed by atoms with Crippen molar-refractivity contribution in [3.8, 4) is 16.9 Å². The molecule has 21 heavy (non-hydrogen) atoms. The molecular formula is C14H11F3O3S. The molecule has 0 bridgehead atoms. The van der Waals surface area contributed by atoms with Gasteiger partial charge in [0.1, 0.15) is 10.6 Å². The van der Waals surface area contributed by atoms with Crippen LogP contribution < -0.4 is 4.74 Å². The van der Waals surface area contributed by atoms with Crippen molar-refractivity contribution >= 4 is 17.3 Å². The lowest BCUT2D eigenvalue weighted by Gasteiger charge is -2.11.